The van der Waals surface area contributed by atoms with Crippen LogP contribution in [0, 0.1) is 13.8 Å². The summed E-state index contributed by atoms with van der Waals surface area (Å²) in [6, 6.07) is 41.4. The lowest BCUT2D eigenvalue weighted by Gasteiger charge is -2.33. The molecule has 5 aromatic rings. The van der Waals surface area contributed by atoms with Crippen LogP contribution in [0.4, 0.5) is 33.2 Å². The molecule has 4 amide bonds. The van der Waals surface area contributed by atoms with Crippen molar-refractivity contribution in [1.82, 2.24) is 0 Å². The lowest BCUT2D eigenvalue weighted by atomic mass is 10.1. The van der Waals surface area contributed by atoms with Gasteiger partial charge in [-0.05, 0) is 86.2 Å². The van der Waals surface area contributed by atoms with Gasteiger partial charge in [-0.1, -0.05) is 96.1 Å². The van der Waals surface area contributed by atoms with Crippen LogP contribution in [0.3, 0.4) is 0 Å². The number of allylic oxidation sites excluding steroid dienone is 2. The molecule has 220 valence electrons. The highest BCUT2D eigenvalue weighted by molar-refractivity contribution is 6.45. The minimum atomic E-state index is -0.717. The van der Waals surface area contributed by atoms with Gasteiger partial charge in [0.1, 0.15) is 5.57 Å². The molecule has 0 aromatic heterocycles. The second kappa shape index (κ2) is 12.7. The second-order valence-corrected chi connectivity index (χ2v) is 10.8. The molecule has 6 rings (SSSR count). The molecule has 1 fully saturated rings. The van der Waals surface area contributed by atoms with Crippen LogP contribution in [0.2, 0.25) is 0 Å². The highest BCUT2D eigenvalue weighted by atomic mass is 16.2. The van der Waals surface area contributed by atoms with Gasteiger partial charge in [-0.3, -0.25) is 9.59 Å². The Morgan fingerprint density at radius 3 is 1.33 bits per heavy atom. The van der Waals surface area contributed by atoms with Crippen LogP contribution < -0.4 is 14.7 Å². The first-order valence-corrected chi connectivity index (χ1v) is 14.7. The van der Waals surface area contributed by atoms with Gasteiger partial charge < -0.3 is 4.90 Å². The van der Waals surface area contributed by atoms with Gasteiger partial charge in [-0.25, -0.2) is 14.6 Å². The van der Waals surface area contributed by atoms with E-state index in [9.17, 15) is 14.4 Å². The number of para-hydroxylation sites is 2. The van der Waals surface area contributed by atoms with E-state index in [0.717, 1.165) is 32.4 Å². The Balaban J connectivity index is 1.30. The number of benzene rings is 5. The first kappa shape index (κ1) is 29.1. The van der Waals surface area contributed by atoms with E-state index < -0.39 is 17.8 Å². The monoisotopic (exact) mass is 589 g/mol. The fourth-order valence-electron chi connectivity index (χ4n) is 5.18. The quantitative estimate of drug-likeness (QED) is 0.140. The smallest absolute Gasteiger partial charge is 0.311 e. The topological polar surface area (TPSA) is 60.9 Å². The van der Waals surface area contributed by atoms with Crippen LogP contribution in [-0.4, -0.2) is 17.8 Å². The van der Waals surface area contributed by atoms with Crippen molar-refractivity contribution in [2.24, 2.45) is 0 Å². The molecule has 6 heteroatoms. The third kappa shape index (κ3) is 6.08. The fourth-order valence-corrected chi connectivity index (χ4v) is 5.18. The molecule has 1 heterocycles. The summed E-state index contributed by atoms with van der Waals surface area (Å²) in [6.07, 6.45) is 4.97. The van der Waals surface area contributed by atoms with E-state index in [1.807, 2.05) is 30.3 Å². The van der Waals surface area contributed by atoms with Crippen LogP contribution in [0.25, 0.3) is 6.08 Å². The van der Waals surface area contributed by atoms with Crippen LogP contribution in [0.15, 0.2) is 151 Å². The second-order valence-electron chi connectivity index (χ2n) is 10.8. The van der Waals surface area contributed by atoms with E-state index in [2.05, 4.69) is 67.3 Å². The molecule has 1 aliphatic heterocycles. The number of rotatable bonds is 7. The van der Waals surface area contributed by atoms with Crippen molar-refractivity contribution in [3.63, 3.8) is 0 Å². The third-order valence-electron chi connectivity index (χ3n) is 7.57. The highest BCUT2D eigenvalue weighted by Gasteiger charge is 2.43. The van der Waals surface area contributed by atoms with Gasteiger partial charge in [0.2, 0.25) is 0 Å². The van der Waals surface area contributed by atoms with Gasteiger partial charge in [-0.2, -0.15) is 0 Å². The van der Waals surface area contributed by atoms with Gasteiger partial charge >= 0.3 is 6.03 Å². The summed E-state index contributed by atoms with van der Waals surface area (Å²) < 4.78 is 0. The number of aryl methyl sites for hydroxylation is 2. The molecule has 45 heavy (non-hydrogen) atoms. The summed E-state index contributed by atoms with van der Waals surface area (Å²) in [5.74, 6) is -1.34. The summed E-state index contributed by atoms with van der Waals surface area (Å²) in [7, 11) is 0. The number of barbiturate groups is 1. The minimum Gasteiger partial charge on any atom is -0.311 e. The molecule has 1 aliphatic rings. The molecule has 0 unspecified atom stereocenters. The summed E-state index contributed by atoms with van der Waals surface area (Å²) >= 11 is 0. The third-order valence-corrected chi connectivity index (χ3v) is 7.57. The lowest BCUT2D eigenvalue weighted by molar-refractivity contribution is -0.121. The average Bonchev–Trinajstić information content (AvgIpc) is 3.06. The number of nitrogens with zero attached hydrogens (tertiary/aromatic N) is 3. The molecule has 0 N–H and O–H groups in total. The number of hydrogen-bond acceptors (Lipinski definition) is 4. The van der Waals surface area contributed by atoms with Crippen LogP contribution in [-0.2, 0) is 9.59 Å². The van der Waals surface area contributed by atoms with E-state index >= 15 is 0 Å². The van der Waals surface area contributed by atoms with Crippen LogP contribution in [0.5, 0.6) is 0 Å². The Bertz CT molecular complexity index is 1790. The molecular weight excluding hydrogens is 558 g/mol. The zero-order valence-electron chi connectivity index (χ0n) is 25.0. The number of carbonyl (C=O) groups excluding carboxylic acids is 3. The Morgan fingerprint density at radius 2 is 0.911 bits per heavy atom. The molecule has 0 radical (unpaired) electrons. The van der Waals surface area contributed by atoms with E-state index in [0.29, 0.717) is 11.4 Å². The molecule has 1 saturated heterocycles. The van der Waals surface area contributed by atoms with Crippen molar-refractivity contribution < 1.29 is 14.4 Å². The summed E-state index contributed by atoms with van der Waals surface area (Å²) in [4.78, 5) is 44.8. The number of amides is 4. The molecule has 0 saturated carbocycles. The molecule has 0 spiro atoms. The van der Waals surface area contributed by atoms with E-state index in [1.54, 1.807) is 66.7 Å². The molecule has 0 aliphatic carbocycles. The van der Waals surface area contributed by atoms with Gasteiger partial charge in [0, 0.05) is 17.1 Å². The molecule has 0 bridgehead atoms. The zero-order valence-corrected chi connectivity index (χ0v) is 25.0. The van der Waals surface area contributed by atoms with Crippen molar-refractivity contribution in [2.75, 3.05) is 14.7 Å². The van der Waals surface area contributed by atoms with Crippen molar-refractivity contribution in [2.45, 2.75) is 13.8 Å². The van der Waals surface area contributed by atoms with Crippen molar-refractivity contribution in [3.8, 4) is 0 Å². The molecular formula is C39H31N3O3. The predicted octanol–water partition coefficient (Wildman–Crippen LogP) is 8.91. The number of hydrogen-bond donors (Lipinski definition) is 0. The Morgan fingerprint density at radius 1 is 0.511 bits per heavy atom. The summed E-state index contributed by atoms with van der Waals surface area (Å²) in [5, 5.41) is 0. The van der Waals surface area contributed by atoms with Crippen molar-refractivity contribution in [3.05, 3.63) is 168 Å². The predicted molar refractivity (Wildman–Crippen MR) is 181 cm³/mol. The van der Waals surface area contributed by atoms with Crippen molar-refractivity contribution in [1.29, 1.82) is 0 Å². The van der Waals surface area contributed by atoms with Gasteiger partial charge in [0.05, 0.1) is 11.4 Å². The van der Waals surface area contributed by atoms with Crippen LogP contribution >= 0.6 is 0 Å². The maximum atomic E-state index is 13.5. The standard InChI is InChI=1S/C39H31N3O3/c1-28-16-22-33(23-17-28)40(34-24-18-29(2)19-25-34)35-26-20-30(21-27-35)10-9-15-36-37(43)41(31-11-5-3-6-12-31)39(45)42(38(36)44)32-13-7-4-8-14-32/h3-27H,1-2H3/b10-9+. The Labute approximate surface area is 262 Å². The van der Waals surface area contributed by atoms with Gasteiger partial charge in [0.25, 0.3) is 11.8 Å². The van der Waals surface area contributed by atoms with Crippen LogP contribution in [0.1, 0.15) is 16.7 Å². The maximum Gasteiger partial charge on any atom is 0.343 e. The lowest BCUT2D eigenvalue weighted by Crippen LogP contribution is -2.57. The zero-order chi connectivity index (χ0) is 31.3. The van der Waals surface area contributed by atoms with Crippen molar-refractivity contribution >= 4 is 52.4 Å². The van der Waals surface area contributed by atoms with E-state index in [-0.39, 0.29) is 5.57 Å². The van der Waals surface area contributed by atoms with E-state index in [4.69, 9.17) is 0 Å². The first-order chi connectivity index (χ1) is 21.9. The average molecular weight is 590 g/mol. The molecule has 5 aromatic carbocycles. The largest absolute Gasteiger partial charge is 0.343 e. The van der Waals surface area contributed by atoms with Gasteiger partial charge in [-0.15, -0.1) is 0 Å². The number of anilines is 5. The number of imide groups is 2. The molecule has 0 atom stereocenters. The van der Waals surface area contributed by atoms with E-state index in [1.165, 1.54) is 17.2 Å². The highest BCUT2D eigenvalue weighted by Crippen LogP contribution is 2.35. The summed E-state index contributed by atoms with van der Waals surface area (Å²) in [5.41, 5.74) is 7.02. The summed E-state index contributed by atoms with van der Waals surface area (Å²) in [6.45, 7) is 4.14. The Hall–Kier alpha value is -6.01. The Kier molecular flexibility index (Phi) is 8.20. The number of carbonyl (C=O) groups is 3. The molecule has 6 nitrogen and oxygen atoms in total. The maximum absolute atomic E-state index is 13.5. The SMILES string of the molecule is Cc1ccc(N(c2ccc(C)cc2)c2ccc(/C=C/C=C3C(=O)N(c4ccccc4)C(=O)N(c4ccccc4)C3=O)cc2)cc1. The minimum absolute atomic E-state index is 0.111. The van der Waals surface area contributed by atoms with Gasteiger partial charge in [0.15, 0.2) is 0 Å². The first-order valence-electron chi connectivity index (χ1n) is 14.7. The normalized spacial score (nSPS) is 13.5. The fraction of sp³-hybridized carbons (Fsp3) is 0.0513. The number of urea groups is 1.